The van der Waals surface area contributed by atoms with Crippen LogP contribution in [0.15, 0.2) is 18.3 Å². The van der Waals surface area contributed by atoms with Gasteiger partial charge in [-0.2, -0.15) is 5.26 Å². The molecule has 1 aromatic rings. The quantitative estimate of drug-likeness (QED) is 0.814. The number of hydrogen-bond acceptors (Lipinski definition) is 3. The van der Waals surface area contributed by atoms with Gasteiger partial charge in [-0.3, -0.25) is 0 Å². The summed E-state index contributed by atoms with van der Waals surface area (Å²) in [5, 5.41) is 9.19. The van der Waals surface area contributed by atoms with Gasteiger partial charge in [-0.15, -0.1) is 0 Å². The predicted octanol–water partition coefficient (Wildman–Crippen LogP) is 3.36. The SMILES string of the molecule is CCCC(C)C1CCCN1c1ncccc1C#N. The molecule has 1 aliphatic heterocycles. The maximum absolute atomic E-state index is 9.19. The zero-order chi connectivity index (χ0) is 13.0. The van der Waals surface area contributed by atoms with Gasteiger partial charge in [-0.1, -0.05) is 20.3 Å². The third-order valence-electron chi connectivity index (χ3n) is 3.88. The molecule has 0 aromatic carbocycles. The Morgan fingerprint density at radius 1 is 1.61 bits per heavy atom. The molecule has 2 heterocycles. The highest BCUT2D eigenvalue weighted by molar-refractivity contribution is 5.54. The summed E-state index contributed by atoms with van der Waals surface area (Å²) < 4.78 is 0. The van der Waals surface area contributed by atoms with Crippen molar-refractivity contribution in [3.63, 3.8) is 0 Å². The molecule has 0 bridgehead atoms. The van der Waals surface area contributed by atoms with Crippen LogP contribution in [0.4, 0.5) is 5.82 Å². The van der Waals surface area contributed by atoms with E-state index >= 15 is 0 Å². The summed E-state index contributed by atoms with van der Waals surface area (Å²) in [4.78, 5) is 6.77. The van der Waals surface area contributed by atoms with Crippen LogP contribution in [0.5, 0.6) is 0 Å². The Morgan fingerprint density at radius 3 is 3.17 bits per heavy atom. The molecule has 3 nitrogen and oxygen atoms in total. The van der Waals surface area contributed by atoms with Crippen LogP contribution in [-0.2, 0) is 0 Å². The molecule has 0 radical (unpaired) electrons. The van der Waals surface area contributed by atoms with Crippen LogP contribution in [0.1, 0.15) is 45.1 Å². The van der Waals surface area contributed by atoms with E-state index in [1.165, 1.54) is 25.7 Å². The molecule has 0 N–H and O–H groups in total. The van der Waals surface area contributed by atoms with Gasteiger partial charge in [-0.05, 0) is 37.3 Å². The summed E-state index contributed by atoms with van der Waals surface area (Å²) in [6.07, 6.45) is 6.69. The van der Waals surface area contributed by atoms with Crippen molar-refractivity contribution in [3.05, 3.63) is 23.9 Å². The zero-order valence-corrected chi connectivity index (χ0v) is 11.3. The molecule has 1 fully saturated rings. The van der Waals surface area contributed by atoms with Gasteiger partial charge in [0.15, 0.2) is 0 Å². The summed E-state index contributed by atoms with van der Waals surface area (Å²) in [7, 11) is 0. The number of rotatable bonds is 4. The predicted molar refractivity (Wildman–Crippen MR) is 73.4 cm³/mol. The van der Waals surface area contributed by atoms with E-state index in [9.17, 15) is 5.26 Å². The summed E-state index contributed by atoms with van der Waals surface area (Å²) in [6, 6.07) is 6.51. The minimum Gasteiger partial charge on any atom is -0.352 e. The van der Waals surface area contributed by atoms with Crippen molar-refractivity contribution in [1.82, 2.24) is 4.98 Å². The van der Waals surface area contributed by atoms with Crippen molar-refractivity contribution in [2.75, 3.05) is 11.4 Å². The molecule has 1 saturated heterocycles. The van der Waals surface area contributed by atoms with Gasteiger partial charge in [0, 0.05) is 18.8 Å². The highest BCUT2D eigenvalue weighted by Gasteiger charge is 2.30. The minimum absolute atomic E-state index is 0.548. The lowest BCUT2D eigenvalue weighted by atomic mass is 9.95. The van der Waals surface area contributed by atoms with Crippen molar-refractivity contribution >= 4 is 5.82 Å². The third kappa shape index (κ3) is 2.48. The molecule has 0 aliphatic carbocycles. The highest BCUT2D eigenvalue weighted by Crippen LogP contribution is 2.31. The average molecular weight is 243 g/mol. The summed E-state index contributed by atoms with van der Waals surface area (Å²) >= 11 is 0. The van der Waals surface area contributed by atoms with Crippen molar-refractivity contribution in [1.29, 1.82) is 5.26 Å². The van der Waals surface area contributed by atoms with Gasteiger partial charge in [0.25, 0.3) is 0 Å². The Kier molecular flexibility index (Phi) is 4.19. The normalized spacial score (nSPS) is 20.7. The minimum atomic E-state index is 0.548. The van der Waals surface area contributed by atoms with E-state index in [0.717, 1.165) is 12.4 Å². The Morgan fingerprint density at radius 2 is 2.44 bits per heavy atom. The molecular formula is C15H21N3. The lowest BCUT2D eigenvalue weighted by molar-refractivity contribution is 0.420. The van der Waals surface area contributed by atoms with Crippen molar-refractivity contribution in [2.24, 2.45) is 5.92 Å². The average Bonchev–Trinajstić information content (AvgIpc) is 2.88. The topological polar surface area (TPSA) is 39.9 Å². The van der Waals surface area contributed by atoms with Crippen LogP contribution in [0.3, 0.4) is 0 Å². The van der Waals surface area contributed by atoms with Crippen LogP contribution in [0, 0.1) is 17.2 Å². The fourth-order valence-electron chi connectivity index (χ4n) is 3.01. The molecule has 3 heteroatoms. The number of aromatic nitrogens is 1. The second kappa shape index (κ2) is 5.86. The Hall–Kier alpha value is -1.56. The smallest absolute Gasteiger partial charge is 0.146 e. The first kappa shape index (κ1) is 12.9. The number of pyridine rings is 1. The van der Waals surface area contributed by atoms with Crippen LogP contribution >= 0.6 is 0 Å². The molecule has 18 heavy (non-hydrogen) atoms. The van der Waals surface area contributed by atoms with E-state index in [0.29, 0.717) is 17.5 Å². The highest BCUT2D eigenvalue weighted by atomic mass is 15.2. The molecule has 1 aliphatic rings. The molecule has 2 unspecified atom stereocenters. The third-order valence-corrected chi connectivity index (χ3v) is 3.88. The first-order chi connectivity index (χ1) is 8.77. The summed E-state index contributed by atoms with van der Waals surface area (Å²) in [5.41, 5.74) is 0.702. The van der Waals surface area contributed by atoms with Crippen molar-refractivity contribution in [2.45, 2.75) is 45.6 Å². The van der Waals surface area contributed by atoms with Crippen LogP contribution in [0.2, 0.25) is 0 Å². The van der Waals surface area contributed by atoms with E-state index in [1.807, 2.05) is 12.1 Å². The van der Waals surface area contributed by atoms with E-state index in [1.54, 1.807) is 6.20 Å². The van der Waals surface area contributed by atoms with Crippen LogP contribution < -0.4 is 4.90 Å². The number of hydrogen-bond donors (Lipinski definition) is 0. The lowest BCUT2D eigenvalue weighted by Gasteiger charge is -2.30. The van der Waals surface area contributed by atoms with Crippen LogP contribution in [0.25, 0.3) is 0 Å². The van der Waals surface area contributed by atoms with Gasteiger partial charge in [0.2, 0.25) is 0 Å². The van der Waals surface area contributed by atoms with Crippen LogP contribution in [-0.4, -0.2) is 17.6 Å². The first-order valence-corrected chi connectivity index (χ1v) is 6.89. The zero-order valence-electron chi connectivity index (χ0n) is 11.3. The maximum Gasteiger partial charge on any atom is 0.146 e. The number of nitriles is 1. The Bertz CT molecular complexity index is 436. The van der Waals surface area contributed by atoms with Crippen molar-refractivity contribution < 1.29 is 0 Å². The molecule has 0 amide bonds. The van der Waals surface area contributed by atoms with E-state index in [2.05, 4.69) is 29.8 Å². The summed E-state index contributed by atoms with van der Waals surface area (Å²) in [6.45, 7) is 5.59. The van der Waals surface area contributed by atoms with E-state index in [-0.39, 0.29) is 0 Å². The van der Waals surface area contributed by atoms with Gasteiger partial charge >= 0.3 is 0 Å². The van der Waals surface area contributed by atoms with Gasteiger partial charge in [-0.25, -0.2) is 4.98 Å². The number of anilines is 1. The molecule has 96 valence electrons. The lowest BCUT2D eigenvalue weighted by Crippen LogP contribution is -2.35. The second-order valence-corrected chi connectivity index (χ2v) is 5.16. The largest absolute Gasteiger partial charge is 0.352 e. The van der Waals surface area contributed by atoms with E-state index in [4.69, 9.17) is 0 Å². The Balaban J connectivity index is 2.24. The van der Waals surface area contributed by atoms with Gasteiger partial charge in [0.05, 0.1) is 5.56 Å². The molecule has 2 atom stereocenters. The van der Waals surface area contributed by atoms with Gasteiger partial charge < -0.3 is 4.90 Å². The number of nitrogens with zero attached hydrogens (tertiary/aromatic N) is 3. The first-order valence-electron chi connectivity index (χ1n) is 6.89. The molecule has 1 aromatic heterocycles. The standard InChI is InChI=1S/C15H21N3/c1-3-6-12(2)14-8-5-10-18(14)15-13(11-16)7-4-9-17-15/h4,7,9,12,14H,3,5-6,8,10H2,1-2H3. The van der Waals surface area contributed by atoms with E-state index < -0.39 is 0 Å². The monoisotopic (exact) mass is 243 g/mol. The maximum atomic E-state index is 9.19. The molecular weight excluding hydrogens is 222 g/mol. The second-order valence-electron chi connectivity index (χ2n) is 5.16. The molecule has 2 rings (SSSR count). The van der Waals surface area contributed by atoms with Gasteiger partial charge in [0.1, 0.15) is 11.9 Å². The summed E-state index contributed by atoms with van der Waals surface area (Å²) in [5.74, 6) is 1.55. The molecule has 0 spiro atoms. The fourth-order valence-corrected chi connectivity index (χ4v) is 3.01. The molecule has 0 saturated carbocycles. The van der Waals surface area contributed by atoms with Crippen molar-refractivity contribution in [3.8, 4) is 6.07 Å². The Labute approximate surface area is 109 Å². The fraction of sp³-hybridized carbons (Fsp3) is 0.600.